The van der Waals surface area contributed by atoms with Gasteiger partial charge in [-0.15, -0.1) is 11.3 Å². The molecule has 2 rings (SSSR count). The molecule has 0 N–H and O–H groups in total. The topological polar surface area (TPSA) is 26.3 Å². The summed E-state index contributed by atoms with van der Waals surface area (Å²) in [7, 11) is 0. The molecule has 0 bridgehead atoms. The smallest absolute Gasteiger partial charge is 0.138 e. The maximum atomic E-state index is 11.1. The van der Waals surface area contributed by atoms with Gasteiger partial charge in [0.2, 0.25) is 0 Å². The minimum Gasteiger partial charge on any atom is -0.372 e. The molecular formula is C9H10O2S. The van der Waals surface area contributed by atoms with Crippen LogP contribution in [0.4, 0.5) is 0 Å². The van der Waals surface area contributed by atoms with Crippen LogP contribution < -0.4 is 0 Å². The highest BCUT2D eigenvalue weighted by atomic mass is 32.1. The number of hydrogen-bond donors (Lipinski definition) is 0. The normalized spacial score (nSPS) is 24.3. The van der Waals surface area contributed by atoms with Crippen LogP contribution in [0.5, 0.6) is 0 Å². The van der Waals surface area contributed by atoms with Gasteiger partial charge in [0.1, 0.15) is 5.78 Å². The summed E-state index contributed by atoms with van der Waals surface area (Å²) >= 11 is 1.65. The van der Waals surface area contributed by atoms with Crippen LogP contribution in [-0.2, 0) is 9.53 Å². The molecular weight excluding hydrogens is 172 g/mol. The second-order valence-corrected chi connectivity index (χ2v) is 3.85. The minimum absolute atomic E-state index is 0.0336. The number of ketones is 1. The van der Waals surface area contributed by atoms with Crippen molar-refractivity contribution in [1.82, 2.24) is 0 Å². The van der Waals surface area contributed by atoms with Crippen LogP contribution in [-0.4, -0.2) is 12.4 Å². The summed E-state index contributed by atoms with van der Waals surface area (Å²) in [6, 6.07) is 4.01. The van der Waals surface area contributed by atoms with Gasteiger partial charge in [-0.1, -0.05) is 6.07 Å². The Labute approximate surface area is 75.2 Å². The summed E-state index contributed by atoms with van der Waals surface area (Å²) in [4.78, 5) is 12.3. The van der Waals surface area contributed by atoms with Crippen molar-refractivity contribution >= 4 is 17.1 Å². The predicted molar refractivity (Wildman–Crippen MR) is 47.3 cm³/mol. The average molecular weight is 182 g/mol. The van der Waals surface area contributed by atoms with Crippen molar-refractivity contribution in [2.24, 2.45) is 0 Å². The fourth-order valence-electron chi connectivity index (χ4n) is 1.34. The zero-order valence-electron chi connectivity index (χ0n) is 6.66. The Hall–Kier alpha value is -0.670. The predicted octanol–water partition coefficient (Wildman–Crippen LogP) is 2.17. The number of ether oxygens (including phenoxy) is 1. The summed E-state index contributed by atoms with van der Waals surface area (Å²) in [5.41, 5.74) is 0. The number of hydrogen-bond acceptors (Lipinski definition) is 3. The van der Waals surface area contributed by atoms with Gasteiger partial charge in [-0.25, -0.2) is 0 Å². The van der Waals surface area contributed by atoms with Crippen molar-refractivity contribution in [1.29, 1.82) is 0 Å². The second kappa shape index (κ2) is 3.37. The Morgan fingerprint density at radius 3 is 3.17 bits per heavy atom. The van der Waals surface area contributed by atoms with E-state index in [-0.39, 0.29) is 6.10 Å². The van der Waals surface area contributed by atoms with E-state index in [1.165, 1.54) is 4.88 Å². The molecule has 2 heterocycles. The van der Waals surface area contributed by atoms with E-state index in [4.69, 9.17) is 4.74 Å². The Kier molecular flexibility index (Phi) is 2.23. The summed E-state index contributed by atoms with van der Waals surface area (Å²) < 4.78 is 5.48. The van der Waals surface area contributed by atoms with Crippen LogP contribution in [0.15, 0.2) is 17.5 Å². The Balaban J connectivity index is 2.09. The molecule has 64 valence electrons. The third kappa shape index (κ3) is 1.57. The first-order valence-corrected chi connectivity index (χ1v) is 4.91. The molecule has 0 saturated carbocycles. The molecule has 1 aromatic heterocycles. The molecule has 1 aromatic rings. The number of Topliss-reactive ketones (excluding diaryl/α,β-unsaturated/α-hetero) is 1. The summed E-state index contributed by atoms with van der Waals surface area (Å²) in [6.45, 7) is 0.585. The van der Waals surface area contributed by atoms with Gasteiger partial charge in [-0.2, -0.15) is 0 Å². The number of carbonyl (C=O) groups is 1. The molecule has 1 fully saturated rings. The average Bonchev–Trinajstić information content (AvgIpc) is 2.56. The van der Waals surface area contributed by atoms with Crippen molar-refractivity contribution in [2.75, 3.05) is 6.61 Å². The molecule has 1 atom stereocenters. The van der Waals surface area contributed by atoms with Crippen LogP contribution in [0.1, 0.15) is 23.8 Å². The number of rotatable bonds is 1. The Morgan fingerprint density at radius 2 is 2.50 bits per heavy atom. The lowest BCUT2D eigenvalue weighted by molar-refractivity contribution is -0.128. The largest absolute Gasteiger partial charge is 0.372 e. The van der Waals surface area contributed by atoms with Gasteiger partial charge in [0.15, 0.2) is 0 Å². The maximum absolute atomic E-state index is 11.1. The van der Waals surface area contributed by atoms with E-state index in [9.17, 15) is 4.79 Å². The van der Waals surface area contributed by atoms with Gasteiger partial charge in [0.25, 0.3) is 0 Å². The van der Waals surface area contributed by atoms with Crippen molar-refractivity contribution in [2.45, 2.75) is 18.9 Å². The monoisotopic (exact) mass is 182 g/mol. The fraction of sp³-hybridized carbons (Fsp3) is 0.444. The first-order valence-electron chi connectivity index (χ1n) is 4.03. The highest BCUT2D eigenvalue weighted by Crippen LogP contribution is 2.28. The van der Waals surface area contributed by atoms with E-state index >= 15 is 0 Å². The molecule has 0 aliphatic carbocycles. The van der Waals surface area contributed by atoms with Crippen molar-refractivity contribution in [3.63, 3.8) is 0 Å². The lowest BCUT2D eigenvalue weighted by Gasteiger charge is -2.20. The summed E-state index contributed by atoms with van der Waals surface area (Å²) in [5.74, 6) is 0.319. The summed E-state index contributed by atoms with van der Waals surface area (Å²) in [5, 5.41) is 2.01. The van der Waals surface area contributed by atoms with Gasteiger partial charge in [-0.3, -0.25) is 4.79 Å². The zero-order chi connectivity index (χ0) is 8.39. The van der Waals surface area contributed by atoms with E-state index in [2.05, 4.69) is 0 Å². The van der Waals surface area contributed by atoms with Crippen molar-refractivity contribution in [3.8, 4) is 0 Å². The molecule has 0 spiro atoms. The Bertz CT molecular complexity index is 266. The molecule has 1 saturated heterocycles. The van der Waals surface area contributed by atoms with Crippen LogP contribution in [0.2, 0.25) is 0 Å². The fourth-order valence-corrected chi connectivity index (χ4v) is 2.11. The highest BCUT2D eigenvalue weighted by Gasteiger charge is 2.21. The molecule has 2 nitrogen and oxygen atoms in total. The standard InChI is InChI=1S/C9H10O2S/c10-7-3-4-11-8(6-7)9-2-1-5-12-9/h1-2,5,8H,3-4,6H2. The lowest BCUT2D eigenvalue weighted by Crippen LogP contribution is -2.18. The summed E-state index contributed by atoms with van der Waals surface area (Å²) in [6.07, 6.45) is 1.17. The molecule has 0 amide bonds. The molecule has 0 radical (unpaired) electrons. The Morgan fingerprint density at radius 1 is 1.58 bits per heavy atom. The first kappa shape index (κ1) is 7.95. The highest BCUT2D eigenvalue weighted by molar-refractivity contribution is 7.10. The SMILES string of the molecule is O=C1CCOC(c2cccs2)C1. The maximum Gasteiger partial charge on any atom is 0.138 e. The van der Waals surface area contributed by atoms with Gasteiger partial charge < -0.3 is 4.74 Å². The van der Waals surface area contributed by atoms with E-state index in [0.29, 0.717) is 25.2 Å². The first-order chi connectivity index (χ1) is 5.86. The van der Waals surface area contributed by atoms with Crippen LogP contribution in [0, 0.1) is 0 Å². The molecule has 12 heavy (non-hydrogen) atoms. The second-order valence-electron chi connectivity index (χ2n) is 2.87. The van der Waals surface area contributed by atoms with Gasteiger partial charge in [0, 0.05) is 17.7 Å². The molecule has 0 aromatic carbocycles. The zero-order valence-corrected chi connectivity index (χ0v) is 7.47. The van der Waals surface area contributed by atoms with Gasteiger partial charge in [0.05, 0.1) is 12.7 Å². The van der Waals surface area contributed by atoms with E-state index < -0.39 is 0 Å². The van der Waals surface area contributed by atoms with E-state index in [1.54, 1.807) is 11.3 Å². The molecule has 1 unspecified atom stereocenters. The van der Waals surface area contributed by atoms with Gasteiger partial charge >= 0.3 is 0 Å². The van der Waals surface area contributed by atoms with E-state index in [0.717, 1.165) is 0 Å². The van der Waals surface area contributed by atoms with Crippen molar-refractivity contribution in [3.05, 3.63) is 22.4 Å². The lowest BCUT2D eigenvalue weighted by atomic mass is 10.1. The third-order valence-corrected chi connectivity index (χ3v) is 2.94. The van der Waals surface area contributed by atoms with Crippen LogP contribution >= 0.6 is 11.3 Å². The quantitative estimate of drug-likeness (QED) is 0.665. The van der Waals surface area contributed by atoms with Crippen LogP contribution in [0.25, 0.3) is 0 Å². The van der Waals surface area contributed by atoms with Crippen LogP contribution in [0.3, 0.4) is 0 Å². The van der Waals surface area contributed by atoms with Gasteiger partial charge in [-0.05, 0) is 11.4 Å². The number of thiophene rings is 1. The molecule has 1 aliphatic heterocycles. The van der Waals surface area contributed by atoms with Crippen molar-refractivity contribution < 1.29 is 9.53 Å². The van der Waals surface area contributed by atoms with E-state index in [1.807, 2.05) is 17.5 Å². The molecule has 1 aliphatic rings. The minimum atomic E-state index is 0.0336. The number of carbonyl (C=O) groups excluding carboxylic acids is 1. The molecule has 3 heteroatoms. The third-order valence-electron chi connectivity index (χ3n) is 1.97.